The van der Waals surface area contributed by atoms with Crippen LogP contribution < -0.4 is 0 Å². The minimum Gasteiger partial charge on any atom is -0.462 e. The van der Waals surface area contributed by atoms with Crippen molar-refractivity contribution in [1.82, 2.24) is 0 Å². The molecule has 0 aromatic carbocycles. The van der Waals surface area contributed by atoms with E-state index in [1.54, 1.807) is 0 Å². The molecule has 0 rings (SSSR count). The molecular formula is C88H155NO8P+. The normalized spacial score (nSPS) is 13.7. The summed E-state index contributed by atoms with van der Waals surface area (Å²) in [5, 5.41) is 0. The Kier molecular flexibility index (Phi) is 74.3. The molecule has 0 amide bonds. The molecule has 0 aliphatic carbocycles. The number of carbonyl (C=O) groups excluding carboxylic acids is 2. The highest BCUT2D eigenvalue weighted by atomic mass is 31.2. The molecule has 564 valence electrons. The summed E-state index contributed by atoms with van der Waals surface area (Å²) in [6, 6.07) is 0. The third-order valence-electron chi connectivity index (χ3n) is 17.7. The Morgan fingerprint density at radius 2 is 0.551 bits per heavy atom. The van der Waals surface area contributed by atoms with E-state index in [2.05, 4.69) is 148 Å². The zero-order valence-corrected chi connectivity index (χ0v) is 65.4. The lowest BCUT2D eigenvalue weighted by molar-refractivity contribution is -0.870. The number of carbonyl (C=O) groups is 2. The molecule has 0 aromatic rings. The van der Waals surface area contributed by atoms with Gasteiger partial charge in [0.1, 0.15) is 19.8 Å². The molecule has 2 atom stereocenters. The van der Waals surface area contributed by atoms with E-state index in [-0.39, 0.29) is 32.0 Å². The van der Waals surface area contributed by atoms with Crippen LogP contribution in [-0.2, 0) is 32.7 Å². The first-order valence-electron chi connectivity index (χ1n) is 40.9. The lowest BCUT2D eigenvalue weighted by atomic mass is 10.0. The van der Waals surface area contributed by atoms with Gasteiger partial charge in [-0.1, -0.05) is 372 Å². The highest BCUT2D eigenvalue weighted by molar-refractivity contribution is 7.47. The smallest absolute Gasteiger partial charge is 0.462 e. The standard InChI is InChI=1S/C88H154NO8P/c1-6-8-10-12-14-16-18-20-22-24-26-28-30-32-34-36-38-40-41-42-43-44-45-46-47-49-51-53-55-57-59-61-63-65-67-69-71-73-75-77-79-81-88(91)97-86(85-96-98(92,93)95-83-82-89(3,4)5)84-94-87(90)80-78-76-74-72-70-68-66-64-62-60-58-56-54-52-50-48-39-37-35-33-31-29-27-25-23-21-19-17-15-13-11-9-7-2/h8-11,14-17,20-23,26-29,32,34,38,40,42-43,86H,6-7,12-13,18-19,24-25,30-31,33,35-37,39,41,44-85H2,1-5H3/p+1/b10-8-,11-9-,16-14-,17-15-,22-20-,23-21-,28-26-,29-27-,34-32-,40-38-,43-42-. The first-order chi connectivity index (χ1) is 48.0. The molecule has 9 nitrogen and oxygen atoms in total. The molecule has 0 heterocycles. The summed E-state index contributed by atoms with van der Waals surface area (Å²) < 4.78 is 34.9. The van der Waals surface area contributed by atoms with Gasteiger partial charge in [-0.3, -0.25) is 18.6 Å². The lowest BCUT2D eigenvalue weighted by Gasteiger charge is -2.24. The second-order valence-corrected chi connectivity index (χ2v) is 29.8. The number of unbranched alkanes of at least 4 members (excludes halogenated alkanes) is 39. The van der Waals surface area contributed by atoms with Crippen LogP contribution in [-0.4, -0.2) is 74.9 Å². The molecule has 0 aliphatic rings. The molecule has 1 N–H and O–H groups in total. The van der Waals surface area contributed by atoms with E-state index in [1.165, 1.54) is 225 Å². The molecule has 0 radical (unpaired) electrons. The number of ether oxygens (including phenoxy) is 2. The fourth-order valence-electron chi connectivity index (χ4n) is 11.5. The van der Waals surface area contributed by atoms with Gasteiger partial charge < -0.3 is 18.9 Å². The molecule has 0 fully saturated rings. The summed E-state index contributed by atoms with van der Waals surface area (Å²) in [5.74, 6) is -0.783. The van der Waals surface area contributed by atoms with Crippen LogP contribution in [0.5, 0.6) is 0 Å². The fraction of sp³-hybridized carbons (Fsp3) is 0.727. The third-order valence-corrected chi connectivity index (χ3v) is 18.7. The van der Waals surface area contributed by atoms with Crippen molar-refractivity contribution in [2.75, 3.05) is 47.5 Å². The van der Waals surface area contributed by atoms with Crippen LogP contribution in [0.25, 0.3) is 0 Å². The highest BCUT2D eigenvalue weighted by Crippen LogP contribution is 2.43. The second-order valence-electron chi connectivity index (χ2n) is 28.4. The van der Waals surface area contributed by atoms with E-state index in [0.717, 1.165) is 103 Å². The fourth-order valence-corrected chi connectivity index (χ4v) is 12.3. The van der Waals surface area contributed by atoms with Crippen LogP contribution in [0.3, 0.4) is 0 Å². The lowest BCUT2D eigenvalue weighted by Crippen LogP contribution is -2.37. The molecule has 2 unspecified atom stereocenters. The molecule has 0 aliphatic heterocycles. The van der Waals surface area contributed by atoms with Crippen LogP contribution in [0, 0.1) is 0 Å². The van der Waals surface area contributed by atoms with Gasteiger partial charge in [0, 0.05) is 12.8 Å². The van der Waals surface area contributed by atoms with E-state index >= 15 is 0 Å². The SMILES string of the molecule is CC/C=C\C/C=C\C/C=C\C/C=C\C/C=C\C/C=C\C/C=C\CCCCCCCCCCCCCCCCCCCCCC(=O)OC(COC(=O)CCCCCCCCCCCCCCCCCCCCCC/C=C\C/C=C\C/C=C\C/C=C\CC)COP(=O)(O)OCC[N+](C)(C)C. The first kappa shape index (κ1) is 94.2. The maximum absolute atomic E-state index is 12.9. The van der Waals surface area contributed by atoms with E-state index < -0.39 is 26.5 Å². The molecule has 0 bridgehead atoms. The van der Waals surface area contributed by atoms with Crippen molar-refractivity contribution in [2.24, 2.45) is 0 Å². The van der Waals surface area contributed by atoms with Gasteiger partial charge in [0.05, 0.1) is 27.7 Å². The minimum absolute atomic E-state index is 0.0301. The Bertz CT molecular complexity index is 2120. The van der Waals surface area contributed by atoms with Gasteiger partial charge in [-0.15, -0.1) is 0 Å². The van der Waals surface area contributed by atoms with Crippen molar-refractivity contribution in [3.8, 4) is 0 Å². The van der Waals surface area contributed by atoms with Crippen LogP contribution in [0.15, 0.2) is 134 Å². The summed E-state index contributed by atoms with van der Waals surface area (Å²) in [4.78, 5) is 36.0. The highest BCUT2D eigenvalue weighted by Gasteiger charge is 2.27. The number of hydrogen-bond acceptors (Lipinski definition) is 7. The predicted molar refractivity (Wildman–Crippen MR) is 427 cm³/mol. The van der Waals surface area contributed by atoms with Gasteiger partial charge in [-0.25, -0.2) is 4.57 Å². The number of allylic oxidation sites excluding steroid dienone is 22. The summed E-state index contributed by atoms with van der Waals surface area (Å²) in [6.45, 7) is 4.25. The second kappa shape index (κ2) is 77.3. The number of likely N-dealkylation sites (N-methyl/N-ethyl adjacent to an activating group) is 1. The summed E-state index contributed by atoms with van der Waals surface area (Å²) in [5.41, 5.74) is 0. The monoisotopic (exact) mass is 1390 g/mol. The summed E-state index contributed by atoms with van der Waals surface area (Å²) >= 11 is 0. The number of nitrogens with zero attached hydrogens (tertiary/aromatic N) is 1. The number of esters is 2. The Labute approximate surface area is 606 Å². The van der Waals surface area contributed by atoms with Crippen molar-refractivity contribution in [2.45, 2.75) is 367 Å². The van der Waals surface area contributed by atoms with Crippen molar-refractivity contribution < 1.29 is 42.1 Å². The van der Waals surface area contributed by atoms with Crippen molar-refractivity contribution in [3.63, 3.8) is 0 Å². The quantitative estimate of drug-likeness (QED) is 0.0211. The Hall–Kier alpha value is -3.85. The largest absolute Gasteiger partial charge is 0.472 e. The number of rotatable bonds is 75. The Morgan fingerprint density at radius 3 is 0.816 bits per heavy atom. The zero-order valence-electron chi connectivity index (χ0n) is 64.5. The van der Waals surface area contributed by atoms with Crippen molar-refractivity contribution >= 4 is 19.8 Å². The van der Waals surface area contributed by atoms with Crippen LogP contribution >= 0.6 is 7.82 Å². The molecular weight excluding hydrogens is 1230 g/mol. The minimum atomic E-state index is -4.40. The number of phosphoric ester groups is 1. The van der Waals surface area contributed by atoms with Crippen LogP contribution in [0.1, 0.15) is 361 Å². The molecule has 98 heavy (non-hydrogen) atoms. The van der Waals surface area contributed by atoms with Gasteiger partial charge in [0.15, 0.2) is 6.10 Å². The molecule has 0 aromatic heterocycles. The third kappa shape index (κ3) is 81.1. The van der Waals surface area contributed by atoms with E-state index in [9.17, 15) is 19.0 Å². The number of quaternary nitrogens is 1. The average Bonchev–Trinajstić information content (AvgIpc) is 1.08. The maximum Gasteiger partial charge on any atom is 0.472 e. The van der Waals surface area contributed by atoms with Gasteiger partial charge in [-0.2, -0.15) is 0 Å². The van der Waals surface area contributed by atoms with E-state index in [0.29, 0.717) is 17.4 Å². The van der Waals surface area contributed by atoms with Crippen LogP contribution in [0.2, 0.25) is 0 Å². The summed E-state index contributed by atoms with van der Waals surface area (Å²) in [6.07, 6.45) is 113. The van der Waals surface area contributed by atoms with Gasteiger partial charge in [-0.05, 0) is 109 Å². The Balaban J connectivity index is 3.94. The van der Waals surface area contributed by atoms with E-state index in [4.69, 9.17) is 18.5 Å². The molecule has 10 heteroatoms. The summed E-state index contributed by atoms with van der Waals surface area (Å²) in [7, 11) is 1.49. The average molecular weight is 1390 g/mol. The maximum atomic E-state index is 12.9. The first-order valence-corrected chi connectivity index (χ1v) is 42.4. The number of phosphoric acid groups is 1. The Morgan fingerprint density at radius 1 is 0.316 bits per heavy atom. The van der Waals surface area contributed by atoms with Crippen LogP contribution in [0.4, 0.5) is 0 Å². The van der Waals surface area contributed by atoms with Gasteiger partial charge >= 0.3 is 19.8 Å². The van der Waals surface area contributed by atoms with Crippen molar-refractivity contribution in [1.29, 1.82) is 0 Å². The van der Waals surface area contributed by atoms with Gasteiger partial charge in [0.2, 0.25) is 0 Å². The van der Waals surface area contributed by atoms with Gasteiger partial charge in [0.25, 0.3) is 0 Å². The molecule has 0 spiro atoms. The van der Waals surface area contributed by atoms with Crippen molar-refractivity contribution in [3.05, 3.63) is 134 Å². The van der Waals surface area contributed by atoms with E-state index in [1.807, 2.05) is 21.1 Å². The molecule has 0 saturated heterocycles. The molecule has 0 saturated carbocycles. The topological polar surface area (TPSA) is 108 Å². The zero-order chi connectivity index (χ0) is 71.1. The number of hydrogen-bond donors (Lipinski definition) is 1. The predicted octanol–water partition coefficient (Wildman–Crippen LogP) is 27.5.